The number of anilines is 2. The van der Waals surface area contributed by atoms with Crippen LogP contribution >= 0.6 is 0 Å². The highest BCUT2D eigenvalue weighted by Crippen LogP contribution is 2.27. The Morgan fingerprint density at radius 2 is 1.93 bits per heavy atom. The van der Waals surface area contributed by atoms with Crippen molar-refractivity contribution in [1.82, 2.24) is 20.2 Å². The lowest BCUT2D eigenvalue weighted by Crippen LogP contribution is -2.45. The summed E-state index contributed by atoms with van der Waals surface area (Å²) in [5, 5.41) is 4.49. The molecule has 4 rings (SSSR count). The van der Waals surface area contributed by atoms with Crippen molar-refractivity contribution >= 4 is 23.3 Å². The number of benzene rings is 1. The SMILES string of the molecule is CCC(NC(=O)/C(=C/N(N)Cc1ccc(N2CCCN3CCCCC(C3)C2=O)cc1)CN)c1c(C)ccnc1N. The molecule has 2 aliphatic rings. The number of pyridine rings is 1. The minimum absolute atomic E-state index is 0.0338. The lowest BCUT2D eigenvalue weighted by atomic mass is 10.00. The van der Waals surface area contributed by atoms with Crippen molar-refractivity contribution < 1.29 is 9.59 Å². The number of fused-ring (bicyclic) bond motifs is 2. The number of nitrogens with two attached hydrogens (primary N) is 3. The number of nitrogen functional groups attached to an aromatic ring is 1. The summed E-state index contributed by atoms with van der Waals surface area (Å²) in [4.78, 5) is 35.0. The van der Waals surface area contributed by atoms with E-state index in [1.807, 2.05) is 49.1 Å². The van der Waals surface area contributed by atoms with Crippen LogP contribution in [0.4, 0.5) is 11.5 Å². The van der Waals surface area contributed by atoms with Gasteiger partial charge in [0.15, 0.2) is 0 Å². The molecule has 0 spiro atoms. The minimum Gasteiger partial charge on any atom is -0.383 e. The van der Waals surface area contributed by atoms with Crippen molar-refractivity contribution in [2.75, 3.05) is 43.4 Å². The van der Waals surface area contributed by atoms with Crippen LogP contribution in [-0.2, 0) is 16.1 Å². The molecule has 3 heterocycles. The highest BCUT2D eigenvalue weighted by atomic mass is 16.2. The number of nitrogens with one attached hydrogen (secondary N) is 1. The summed E-state index contributed by atoms with van der Waals surface area (Å²) < 4.78 is 0. The van der Waals surface area contributed by atoms with Crippen molar-refractivity contribution in [3.8, 4) is 0 Å². The average molecular weight is 549 g/mol. The predicted octanol–water partition coefficient (Wildman–Crippen LogP) is 2.60. The van der Waals surface area contributed by atoms with Gasteiger partial charge in [-0.2, -0.15) is 0 Å². The van der Waals surface area contributed by atoms with Crippen LogP contribution < -0.4 is 27.5 Å². The third-order valence-electron chi connectivity index (χ3n) is 7.97. The van der Waals surface area contributed by atoms with Crippen LogP contribution in [0.5, 0.6) is 0 Å². The fraction of sp³-hybridized carbons (Fsp3) is 0.500. The van der Waals surface area contributed by atoms with E-state index < -0.39 is 0 Å². The Hall–Kier alpha value is -3.47. The summed E-state index contributed by atoms with van der Waals surface area (Å²) in [5.74, 6) is 6.69. The highest BCUT2D eigenvalue weighted by Gasteiger charge is 2.30. The van der Waals surface area contributed by atoms with Crippen LogP contribution in [0, 0.1) is 12.8 Å². The first-order chi connectivity index (χ1) is 19.3. The van der Waals surface area contributed by atoms with E-state index in [0.29, 0.717) is 24.4 Å². The quantitative estimate of drug-likeness (QED) is 0.212. The van der Waals surface area contributed by atoms with E-state index in [9.17, 15) is 9.59 Å². The molecule has 0 radical (unpaired) electrons. The lowest BCUT2D eigenvalue weighted by molar-refractivity contribution is -0.123. The first-order valence-electron chi connectivity index (χ1n) is 14.4. The molecule has 10 nitrogen and oxygen atoms in total. The molecule has 2 aromatic rings. The van der Waals surface area contributed by atoms with Gasteiger partial charge in [0, 0.05) is 48.9 Å². The Kier molecular flexibility index (Phi) is 10.1. The molecular weight excluding hydrogens is 504 g/mol. The zero-order valence-corrected chi connectivity index (χ0v) is 23.8. The van der Waals surface area contributed by atoms with Gasteiger partial charge in [0.25, 0.3) is 5.91 Å². The van der Waals surface area contributed by atoms with Crippen molar-refractivity contribution in [2.45, 2.75) is 58.5 Å². The summed E-state index contributed by atoms with van der Waals surface area (Å²) in [6, 6.07) is 9.53. The zero-order valence-electron chi connectivity index (χ0n) is 23.8. The third-order valence-corrected chi connectivity index (χ3v) is 7.97. The normalized spacial score (nSPS) is 20.8. The molecule has 3 unspecified atom stereocenters. The molecule has 40 heavy (non-hydrogen) atoms. The number of carbonyl (C=O) groups is 2. The van der Waals surface area contributed by atoms with E-state index in [-0.39, 0.29) is 30.3 Å². The van der Waals surface area contributed by atoms with Crippen LogP contribution in [0.25, 0.3) is 0 Å². The second-order valence-electron chi connectivity index (χ2n) is 10.9. The average Bonchev–Trinajstić information content (AvgIpc) is 3.20. The van der Waals surface area contributed by atoms with Crippen LogP contribution in [0.3, 0.4) is 0 Å². The summed E-state index contributed by atoms with van der Waals surface area (Å²) >= 11 is 0. The number of hydrazine groups is 1. The Balaban J connectivity index is 1.40. The Labute approximate surface area is 237 Å². The molecule has 1 aromatic heterocycles. The number of hydrogen-bond donors (Lipinski definition) is 4. The number of amides is 2. The molecule has 2 bridgehead atoms. The summed E-state index contributed by atoms with van der Waals surface area (Å²) in [6.07, 6.45) is 8.10. The number of nitrogens with zero attached hydrogens (tertiary/aromatic N) is 4. The van der Waals surface area contributed by atoms with Crippen LogP contribution in [-0.4, -0.2) is 59.4 Å². The molecule has 0 aliphatic carbocycles. The van der Waals surface area contributed by atoms with Crippen molar-refractivity contribution in [3.63, 3.8) is 0 Å². The van der Waals surface area contributed by atoms with Gasteiger partial charge < -0.3 is 31.6 Å². The van der Waals surface area contributed by atoms with Gasteiger partial charge in [-0.3, -0.25) is 9.59 Å². The van der Waals surface area contributed by atoms with Gasteiger partial charge in [0.1, 0.15) is 5.82 Å². The molecular formula is C30H44N8O2. The van der Waals surface area contributed by atoms with Crippen LogP contribution in [0.1, 0.15) is 61.8 Å². The van der Waals surface area contributed by atoms with Gasteiger partial charge in [0.05, 0.1) is 18.5 Å². The van der Waals surface area contributed by atoms with Gasteiger partial charge in [-0.15, -0.1) is 0 Å². The standard InChI is InChI=1S/C30H44N8O2/c1-3-26(27-21(2)12-13-34-28(27)32)35-29(39)24(17-31)20-37(33)18-22-8-10-25(11-9-22)38-16-6-15-36-14-5-4-7-23(19-36)30(38)40/h8-13,20,23,26H,3-7,14-19,31,33H2,1-2H3,(H2,32,34)(H,35,39)/b24-20+. The maximum absolute atomic E-state index is 13.4. The number of rotatable bonds is 9. The fourth-order valence-electron chi connectivity index (χ4n) is 5.78. The van der Waals surface area contributed by atoms with E-state index >= 15 is 0 Å². The summed E-state index contributed by atoms with van der Waals surface area (Å²) in [7, 11) is 0. The summed E-state index contributed by atoms with van der Waals surface area (Å²) in [5.41, 5.74) is 16.1. The second-order valence-corrected chi connectivity index (χ2v) is 10.9. The topological polar surface area (TPSA) is 147 Å². The largest absolute Gasteiger partial charge is 0.383 e. The number of hydrogen-bond acceptors (Lipinski definition) is 8. The maximum Gasteiger partial charge on any atom is 0.250 e. The van der Waals surface area contributed by atoms with Gasteiger partial charge in [0.2, 0.25) is 5.91 Å². The second kappa shape index (κ2) is 13.7. The van der Waals surface area contributed by atoms with Gasteiger partial charge in [-0.25, -0.2) is 10.8 Å². The summed E-state index contributed by atoms with van der Waals surface area (Å²) in [6.45, 7) is 8.09. The molecule has 10 heteroatoms. The molecule has 2 amide bonds. The maximum atomic E-state index is 13.4. The van der Waals surface area contributed by atoms with Gasteiger partial charge >= 0.3 is 0 Å². The zero-order chi connectivity index (χ0) is 28.6. The smallest absolute Gasteiger partial charge is 0.250 e. The number of carbonyl (C=O) groups excluding carboxylic acids is 2. The Bertz CT molecular complexity index is 1180. The van der Waals surface area contributed by atoms with E-state index in [1.165, 1.54) is 11.4 Å². The first-order valence-corrected chi connectivity index (χ1v) is 14.4. The van der Waals surface area contributed by atoms with Crippen molar-refractivity contribution in [2.24, 2.45) is 17.5 Å². The van der Waals surface area contributed by atoms with E-state index in [4.69, 9.17) is 17.3 Å². The molecule has 3 atom stereocenters. The van der Waals surface area contributed by atoms with E-state index in [0.717, 1.165) is 67.8 Å². The lowest BCUT2D eigenvalue weighted by Gasteiger charge is -2.33. The minimum atomic E-state index is -0.296. The molecule has 216 valence electrons. The van der Waals surface area contributed by atoms with E-state index in [2.05, 4.69) is 15.2 Å². The van der Waals surface area contributed by atoms with Gasteiger partial charge in [-0.05, 0) is 75.0 Å². The monoisotopic (exact) mass is 548 g/mol. The predicted molar refractivity (Wildman–Crippen MR) is 159 cm³/mol. The van der Waals surface area contributed by atoms with Crippen molar-refractivity contribution in [1.29, 1.82) is 0 Å². The molecule has 2 saturated heterocycles. The Morgan fingerprint density at radius 3 is 2.62 bits per heavy atom. The molecule has 0 saturated carbocycles. The molecule has 2 aliphatic heterocycles. The fourth-order valence-corrected chi connectivity index (χ4v) is 5.78. The number of aromatic nitrogens is 1. The first kappa shape index (κ1) is 29.5. The Morgan fingerprint density at radius 1 is 1.18 bits per heavy atom. The van der Waals surface area contributed by atoms with Crippen LogP contribution in [0.15, 0.2) is 48.3 Å². The molecule has 2 fully saturated rings. The van der Waals surface area contributed by atoms with E-state index in [1.54, 1.807) is 12.4 Å². The molecule has 1 aromatic carbocycles. The van der Waals surface area contributed by atoms with Crippen molar-refractivity contribution in [3.05, 3.63) is 65.0 Å². The van der Waals surface area contributed by atoms with Crippen LogP contribution in [0.2, 0.25) is 0 Å². The highest BCUT2D eigenvalue weighted by molar-refractivity contribution is 5.95. The van der Waals surface area contributed by atoms with Gasteiger partial charge in [-0.1, -0.05) is 25.5 Å². The molecule has 7 N–H and O–H groups in total. The number of aryl methyl sites for hydroxylation is 1. The third kappa shape index (κ3) is 7.18.